The van der Waals surface area contributed by atoms with Crippen molar-refractivity contribution in [2.45, 2.75) is 9.29 Å². The Morgan fingerprint density at radius 2 is 1.55 bits per heavy atom. The van der Waals surface area contributed by atoms with Gasteiger partial charge in [0.05, 0.1) is 0 Å². The van der Waals surface area contributed by atoms with E-state index in [9.17, 15) is 0 Å². The zero-order chi connectivity index (χ0) is 8.48. The van der Waals surface area contributed by atoms with E-state index in [1.165, 1.54) is 0 Å². The Morgan fingerprint density at radius 1 is 1.09 bits per heavy atom. The van der Waals surface area contributed by atoms with Gasteiger partial charge in [0.15, 0.2) is 5.50 Å². The molecule has 1 rings (SSSR count). The third-order valence-electron chi connectivity index (χ3n) is 1.16. The first-order valence-electron chi connectivity index (χ1n) is 2.85. The van der Waals surface area contributed by atoms with Gasteiger partial charge < -0.3 is 4.57 Å². The highest BCUT2D eigenvalue weighted by Crippen LogP contribution is 2.40. The second kappa shape index (κ2) is 3.44. The topological polar surface area (TPSA) is 4.93 Å². The van der Waals surface area contributed by atoms with Crippen molar-refractivity contribution in [2.75, 3.05) is 0 Å². The van der Waals surface area contributed by atoms with Crippen LogP contribution in [0.1, 0.15) is 5.50 Å². The van der Waals surface area contributed by atoms with Gasteiger partial charge in [0, 0.05) is 12.4 Å². The first kappa shape index (κ1) is 9.53. The minimum Gasteiger partial charge on any atom is -0.334 e. The van der Waals surface area contributed by atoms with E-state index in [4.69, 9.17) is 46.4 Å². The molecule has 1 aromatic rings. The van der Waals surface area contributed by atoms with Gasteiger partial charge in [-0.25, -0.2) is 0 Å². The maximum absolute atomic E-state index is 5.79. The van der Waals surface area contributed by atoms with Gasteiger partial charge in [-0.05, 0) is 12.1 Å². The van der Waals surface area contributed by atoms with Gasteiger partial charge in [-0.15, -0.1) is 0 Å². The second-order valence-corrected chi connectivity index (χ2v) is 4.79. The second-order valence-electron chi connectivity index (χ2n) is 2.01. The molecular weight excluding hydrogens is 228 g/mol. The van der Waals surface area contributed by atoms with Crippen LogP contribution in [0.25, 0.3) is 0 Å². The van der Waals surface area contributed by atoms with Crippen LogP contribution in [0.4, 0.5) is 0 Å². The molecule has 0 amide bonds. The lowest BCUT2D eigenvalue weighted by molar-refractivity contribution is 0.686. The molecule has 0 aliphatic rings. The van der Waals surface area contributed by atoms with Crippen molar-refractivity contribution in [1.29, 1.82) is 0 Å². The fraction of sp³-hybridized carbons (Fsp3) is 0.333. The molecule has 1 unspecified atom stereocenters. The van der Waals surface area contributed by atoms with E-state index in [1.807, 2.05) is 12.1 Å². The number of hydrogen-bond acceptors (Lipinski definition) is 0. The van der Waals surface area contributed by atoms with E-state index >= 15 is 0 Å². The fourth-order valence-corrected chi connectivity index (χ4v) is 1.14. The molecule has 62 valence electrons. The molecular formula is C6H5Cl4N. The summed E-state index contributed by atoms with van der Waals surface area (Å²) in [5.41, 5.74) is -0.664. The van der Waals surface area contributed by atoms with E-state index in [0.717, 1.165) is 0 Å². The predicted molar refractivity (Wildman–Crippen MR) is 49.6 cm³/mol. The first-order chi connectivity index (χ1) is 5.02. The Morgan fingerprint density at radius 3 is 1.91 bits per heavy atom. The summed E-state index contributed by atoms with van der Waals surface area (Å²) in [4.78, 5) is 0. The standard InChI is InChI=1S/C6H5Cl4N/c7-5(6(8,9)10)11-3-1-2-4-11/h1-5H. The molecule has 0 N–H and O–H groups in total. The molecule has 11 heavy (non-hydrogen) atoms. The number of nitrogens with zero attached hydrogens (tertiary/aromatic N) is 1. The smallest absolute Gasteiger partial charge is 0.224 e. The summed E-state index contributed by atoms with van der Waals surface area (Å²) in [7, 11) is 0. The van der Waals surface area contributed by atoms with Gasteiger partial charge in [0.1, 0.15) is 0 Å². The van der Waals surface area contributed by atoms with E-state index in [-0.39, 0.29) is 0 Å². The van der Waals surface area contributed by atoms with Crippen LogP contribution < -0.4 is 0 Å². The highest BCUT2D eigenvalue weighted by atomic mass is 35.6. The first-order valence-corrected chi connectivity index (χ1v) is 4.42. The van der Waals surface area contributed by atoms with E-state index in [0.29, 0.717) is 0 Å². The van der Waals surface area contributed by atoms with Gasteiger partial charge in [-0.2, -0.15) is 0 Å². The molecule has 0 aliphatic carbocycles. The predicted octanol–water partition coefficient (Wildman–Crippen LogP) is 3.60. The van der Waals surface area contributed by atoms with Crippen LogP contribution in [0.5, 0.6) is 0 Å². The quantitative estimate of drug-likeness (QED) is 0.653. The minimum absolute atomic E-state index is 0.664. The highest BCUT2D eigenvalue weighted by Gasteiger charge is 2.31. The average Bonchev–Trinajstić information content (AvgIpc) is 2.34. The Bertz CT molecular complexity index is 213. The van der Waals surface area contributed by atoms with Gasteiger partial charge in [-0.1, -0.05) is 46.4 Å². The normalized spacial score (nSPS) is 14.9. The Balaban J connectivity index is 2.78. The van der Waals surface area contributed by atoms with Crippen molar-refractivity contribution in [2.24, 2.45) is 0 Å². The number of hydrogen-bond donors (Lipinski definition) is 0. The lowest BCUT2D eigenvalue weighted by Crippen LogP contribution is -2.16. The Hall–Kier alpha value is 0.440. The molecule has 0 aliphatic heterocycles. The SMILES string of the molecule is ClC(n1cccc1)C(Cl)(Cl)Cl. The van der Waals surface area contributed by atoms with Crippen LogP contribution in [-0.4, -0.2) is 8.36 Å². The van der Waals surface area contributed by atoms with Crippen molar-refractivity contribution in [3.8, 4) is 0 Å². The molecule has 5 heteroatoms. The number of halogens is 4. The summed E-state index contributed by atoms with van der Waals surface area (Å²) in [5, 5.41) is 0. The number of alkyl halides is 4. The van der Waals surface area contributed by atoms with E-state index in [1.54, 1.807) is 17.0 Å². The average molecular weight is 233 g/mol. The Labute approximate surface area is 84.8 Å². The van der Waals surface area contributed by atoms with Crippen LogP contribution >= 0.6 is 46.4 Å². The molecule has 0 bridgehead atoms. The summed E-state index contributed by atoms with van der Waals surface area (Å²) in [6, 6.07) is 3.62. The molecule has 0 radical (unpaired) electrons. The van der Waals surface area contributed by atoms with Crippen molar-refractivity contribution in [3.05, 3.63) is 24.5 Å². The highest BCUT2D eigenvalue weighted by molar-refractivity contribution is 6.69. The van der Waals surface area contributed by atoms with Crippen molar-refractivity contribution in [1.82, 2.24) is 4.57 Å². The van der Waals surface area contributed by atoms with Crippen molar-refractivity contribution in [3.63, 3.8) is 0 Å². The van der Waals surface area contributed by atoms with Crippen LogP contribution in [0, 0.1) is 0 Å². The van der Waals surface area contributed by atoms with Crippen molar-refractivity contribution < 1.29 is 0 Å². The lowest BCUT2D eigenvalue weighted by Gasteiger charge is -2.19. The van der Waals surface area contributed by atoms with Crippen molar-refractivity contribution >= 4 is 46.4 Å². The van der Waals surface area contributed by atoms with Gasteiger partial charge in [0.25, 0.3) is 0 Å². The van der Waals surface area contributed by atoms with Crippen LogP contribution in [0.3, 0.4) is 0 Å². The fourth-order valence-electron chi connectivity index (χ4n) is 0.668. The summed E-state index contributed by atoms with van der Waals surface area (Å²) in [5.74, 6) is 0. The van der Waals surface area contributed by atoms with Gasteiger partial charge in [0.2, 0.25) is 3.79 Å². The summed E-state index contributed by atoms with van der Waals surface area (Å²) in [6.07, 6.45) is 3.47. The molecule has 0 spiro atoms. The molecule has 1 nitrogen and oxygen atoms in total. The van der Waals surface area contributed by atoms with E-state index in [2.05, 4.69) is 0 Å². The van der Waals surface area contributed by atoms with Crippen LogP contribution in [0.2, 0.25) is 0 Å². The molecule has 1 aromatic heterocycles. The van der Waals surface area contributed by atoms with Crippen LogP contribution in [0.15, 0.2) is 24.5 Å². The molecule has 0 saturated carbocycles. The molecule has 0 aromatic carbocycles. The molecule has 0 saturated heterocycles. The monoisotopic (exact) mass is 231 g/mol. The zero-order valence-electron chi connectivity index (χ0n) is 5.35. The largest absolute Gasteiger partial charge is 0.334 e. The van der Waals surface area contributed by atoms with Gasteiger partial charge >= 0.3 is 0 Å². The third kappa shape index (κ3) is 2.45. The maximum Gasteiger partial charge on any atom is 0.224 e. The van der Waals surface area contributed by atoms with E-state index < -0.39 is 9.29 Å². The summed E-state index contributed by atoms with van der Waals surface area (Å²) < 4.78 is 0.148. The number of rotatable bonds is 1. The number of aromatic nitrogens is 1. The molecule has 0 fully saturated rings. The third-order valence-corrected chi connectivity index (χ3v) is 2.67. The summed E-state index contributed by atoms with van der Waals surface area (Å²) in [6.45, 7) is 0. The Kier molecular flexibility index (Phi) is 2.98. The molecule has 1 heterocycles. The zero-order valence-corrected chi connectivity index (χ0v) is 8.37. The lowest BCUT2D eigenvalue weighted by atomic mass is 10.7. The maximum atomic E-state index is 5.79. The van der Waals surface area contributed by atoms with Crippen LogP contribution in [-0.2, 0) is 0 Å². The van der Waals surface area contributed by atoms with Gasteiger partial charge in [-0.3, -0.25) is 0 Å². The molecule has 1 atom stereocenters. The minimum atomic E-state index is -1.47. The summed E-state index contributed by atoms with van der Waals surface area (Å²) >= 11 is 22.5.